The zero-order valence-corrected chi connectivity index (χ0v) is 21.0. The monoisotopic (exact) mass is 480 g/mol. The smallest absolute Gasteiger partial charge is 0.274 e. The molecular formula is C25H28N4O2S2. The third kappa shape index (κ3) is 4.46. The fraction of sp³-hybridized carbons (Fsp3) is 0.440. The molecule has 0 radical (unpaired) electrons. The molecule has 8 heteroatoms. The average Bonchev–Trinajstić information content (AvgIpc) is 3.10. The molecule has 1 aliphatic carbocycles. The highest BCUT2D eigenvalue weighted by atomic mass is 32.1. The van der Waals surface area contributed by atoms with E-state index in [0.29, 0.717) is 24.1 Å². The van der Waals surface area contributed by atoms with Crippen LogP contribution in [0.25, 0.3) is 10.4 Å². The third-order valence-electron chi connectivity index (χ3n) is 6.62. The maximum atomic E-state index is 13.6. The van der Waals surface area contributed by atoms with Crippen LogP contribution in [0.1, 0.15) is 43.1 Å². The predicted molar refractivity (Wildman–Crippen MR) is 132 cm³/mol. The van der Waals surface area contributed by atoms with Crippen LogP contribution in [0.4, 0.5) is 0 Å². The number of hydrogen-bond donors (Lipinski definition) is 1. The molecule has 3 atom stereocenters. The normalized spacial score (nSPS) is 21.2. The Labute approximate surface area is 202 Å². The Kier molecular flexibility index (Phi) is 5.82. The number of rotatable bonds is 6. The minimum absolute atomic E-state index is 0.0201. The van der Waals surface area contributed by atoms with Crippen molar-refractivity contribution in [1.82, 2.24) is 20.2 Å². The van der Waals surface area contributed by atoms with Crippen LogP contribution in [0.15, 0.2) is 24.3 Å². The van der Waals surface area contributed by atoms with Gasteiger partial charge in [0.1, 0.15) is 5.69 Å². The van der Waals surface area contributed by atoms with Gasteiger partial charge in [-0.1, -0.05) is 29.8 Å². The highest BCUT2D eigenvalue weighted by Gasteiger charge is 2.54. The van der Waals surface area contributed by atoms with Crippen molar-refractivity contribution in [2.75, 3.05) is 13.1 Å². The van der Waals surface area contributed by atoms with Crippen molar-refractivity contribution in [2.45, 2.75) is 46.6 Å². The van der Waals surface area contributed by atoms with Gasteiger partial charge in [-0.3, -0.25) is 9.59 Å². The highest BCUT2D eigenvalue weighted by molar-refractivity contribution is 7.15. The van der Waals surface area contributed by atoms with E-state index in [1.807, 2.05) is 37.8 Å². The molecule has 6 nitrogen and oxygen atoms in total. The van der Waals surface area contributed by atoms with E-state index in [9.17, 15) is 9.59 Å². The lowest BCUT2D eigenvalue weighted by Crippen LogP contribution is -2.46. The molecule has 1 unspecified atom stereocenters. The van der Waals surface area contributed by atoms with E-state index in [-0.39, 0.29) is 24.3 Å². The van der Waals surface area contributed by atoms with Gasteiger partial charge in [0.25, 0.3) is 5.91 Å². The fourth-order valence-corrected chi connectivity index (χ4v) is 6.67. The summed E-state index contributed by atoms with van der Waals surface area (Å²) in [6.07, 6.45) is 1.42. The molecule has 1 saturated heterocycles. The molecule has 2 aliphatic rings. The number of carbonyl (C=O) groups is 2. The van der Waals surface area contributed by atoms with Gasteiger partial charge in [-0.15, -0.1) is 22.7 Å². The van der Waals surface area contributed by atoms with Crippen molar-refractivity contribution in [3.8, 4) is 10.4 Å². The van der Waals surface area contributed by atoms with Crippen molar-refractivity contribution in [1.29, 1.82) is 0 Å². The maximum absolute atomic E-state index is 13.6. The molecule has 2 amide bonds. The van der Waals surface area contributed by atoms with Crippen LogP contribution >= 0.6 is 22.7 Å². The Balaban J connectivity index is 1.31. The summed E-state index contributed by atoms with van der Waals surface area (Å²) in [6, 6.07) is 8.24. The summed E-state index contributed by atoms with van der Waals surface area (Å²) >= 11 is 3.18. The van der Waals surface area contributed by atoms with Crippen LogP contribution in [0.3, 0.4) is 0 Å². The summed E-state index contributed by atoms with van der Waals surface area (Å²) in [7, 11) is 0. The maximum Gasteiger partial charge on any atom is 0.274 e. The number of fused-ring (bicyclic) bond motifs is 1. The van der Waals surface area contributed by atoms with Crippen molar-refractivity contribution in [3.63, 3.8) is 0 Å². The SMILES string of the molecule is Cc1cccc(-c2sc(C)nc2C(=O)N2C[C@H]3CC3[C@H]2CNC(=O)Cc2nc(C)sc2C)c1. The number of thiazole rings is 2. The molecule has 1 aromatic carbocycles. The predicted octanol–water partition coefficient (Wildman–Crippen LogP) is 4.32. The number of piperidine rings is 1. The van der Waals surface area contributed by atoms with Crippen LogP contribution in [-0.2, 0) is 11.2 Å². The van der Waals surface area contributed by atoms with Gasteiger partial charge in [0, 0.05) is 18.0 Å². The molecule has 2 aromatic heterocycles. The number of nitrogens with one attached hydrogen (secondary N) is 1. The van der Waals surface area contributed by atoms with Gasteiger partial charge in [-0.25, -0.2) is 9.97 Å². The minimum atomic E-state index is -0.0372. The van der Waals surface area contributed by atoms with Gasteiger partial charge >= 0.3 is 0 Å². The summed E-state index contributed by atoms with van der Waals surface area (Å²) < 4.78 is 0. The molecule has 0 spiro atoms. The Hall–Kier alpha value is -2.58. The standard InChI is InChI=1S/C25H28N4O2S2/c1-13-6-5-7-17(8-13)24-23(28-16(4)33-24)25(31)29-12-18-9-19(18)21(29)11-26-22(30)10-20-14(2)32-15(3)27-20/h5-8,18-19,21H,9-12H2,1-4H3,(H,26,30)/t18-,19?,21-/m1/s1. The molecule has 1 saturated carbocycles. The second-order valence-corrected chi connectivity index (χ2v) is 11.8. The summed E-state index contributed by atoms with van der Waals surface area (Å²) in [4.78, 5) is 39.3. The Bertz CT molecular complexity index is 1230. The van der Waals surface area contributed by atoms with E-state index in [1.54, 1.807) is 22.7 Å². The Morgan fingerprint density at radius 2 is 1.91 bits per heavy atom. The van der Waals surface area contributed by atoms with Crippen LogP contribution < -0.4 is 5.32 Å². The zero-order valence-electron chi connectivity index (χ0n) is 19.3. The van der Waals surface area contributed by atoms with Crippen LogP contribution in [-0.4, -0.2) is 45.8 Å². The number of aryl methyl sites for hydroxylation is 4. The number of hydrogen-bond acceptors (Lipinski definition) is 6. The summed E-state index contributed by atoms with van der Waals surface area (Å²) in [5, 5.41) is 4.94. The third-order valence-corrected chi connectivity index (χ3v) is 8.57. The van der Waals surface area contributed by atoms with Crippen LogP contribution in [0, 0.1) is 39.5 Å². The van der Waals surface area contributed by atoms with E-state index in [0.717, 1.165) is 49.6 Å². The first kappa shape index (κ1) is 22.2. The number of benzene rings is 1. The molecular weight excluding hydrogens is 452 g/mol. The summed E-state index contributed by atoms with van der Waals surface area (Å²) in [5.41, 5.74) is 3.58. The van der Waals surface area contributed by atoms with Crippen molar-refractivity contribution in [3.05, 3.63) is 56.1 Å². The highest BCUT2D eigenvalue weighted by Crippen LogP contribution is 2.50. The topological polar surface area (TPSA) is 75.2 Å². The first-order chi connectivity index (χ1) is 15.8. The fourth-order valence-electron chi connectivity index (χ4n) is 4.93. The van der Waals surface area contributed by atoms with Gasteiger partial charge in [-0.2, -0.15) is 0 Å². The van der Waals surface area contributed by atoms with Gasteiger partial charge in [-0.05, 0) is 51.5 Å². The van der Waals surface area contributed by atoms with E-state index < -0.39 is 0 Å². The largest absolute Gasteiger partial charge is 0.354 e. The van der Waals surface area contributed by atoms with Gasteiger partial charge in [0.05, 0.1) is 33.0 Å². The number of likely N-dealkylation sites (tertiary alicyclic amines) is 1. The molecule has 0 bridgehead atoms. The van der Waals surface area contributed by atoms with Crippen LogP contribution in [0.5, 0.6) is 0 Å². The first-order valence-electron chi connectivity index (χ1n) is 11.3. The van der Waals surface area contributed by atoms with Crippen LogP contribution in [0.2, 0.25) is 0 Å². The molecule has 33 heavy (non-hydrogen) atoms. The lowest BCUT2D eigenvalue weighted by Gasteiger charge is -2.27. The van der Waals surface area contributed by atoms with Crippen molar-refractivity contribution >= 4 is 34.5 Å². The van der Waals surface area contributed by atoms with Gasteiger partial charge < -0.3 is 10.2 Å². The van der Waals surface area contributed by atoms with Gasteiger partial charge in [0.2, 0.25) is 5.91 Å². The number of aromatic nitrogens is 2. The number of nitrogens with zero attached hydrogens (tertiary/aromatic N) is 3. The molecule has 1 N–H and O–H groups in total. The number of amides is 2. The van der Waals surface area contributed by atoms with E-state index in [1.165, 1.54) is 0 Å². The molecule has 2 fully saturated rings. The van der Waals surface area contributed by atoms with E-state index in [4.69, 9.17) is 0 Å². The lowest BCUT2D eigenvalue weighted by molar-refractivity contribution is -0.120. The minimum Gasteiger partial charge on any atom is -0.354 e. The zero-order chi connectivity index (χ0) is 23.3. The molecule has 5 rings (SSSR count). The second kappa shape index (κ2) is 8.65. The van der Waals surface area contributed by atoms with Crippen molar-refractivity contribution < 1.29 is 9.59 Å². The van der Waals surface area contributed by atoms with Crippen molar-refractivity contribution in [2.24, 2.45) is 11.8 Å². The summed E-state index contributed by atoms with van der Waals surface area (Å²) in [5.74, 6) is 0.958. The lowest BCUT2D eigenvalue weighted by atomic mass is 10.1. The molecule has 3 heterocycles. The molecule has 3 aromatic rings. The van der Waals surface area contributed by atoms with Gasteiger partial charge in [0.15, 0.2) is 0 Å². The van der Waals surface area contributed by atoms with E-state index in [2.05, 4.69) is 34.3 Å². The van der Waals surface area contributed by atoms with E-state index >= 15 is 0 Å². The Morgan fingerprint density at radius 1 is 1.12 bits per heavy atom. The summed E-state index contributed by atoms with van der Waals surface area (Å²) in [6.45, 7) is 9.19. The quantitative estimate of drug-likeness (QED) is 0.570. The first-order valence-corrected chi connectivity index (χ1v) is 13.0. The number of carbonyl (C=O) groups excluding carboxylic acids is 2. The Morgan fingerprint density at radius 3 is 2.64 bits per heavy atom. The molecule has 172 valence electrons. The second-order valence-electron chi connectivity index (χ2n) is 9.18. The average molecular weight is 481 g/mol. The molecule has 1 aliphatic heterocycles.